The number of pyridine rings is 1. The Hall–Kier alpha value is -1.91. The number of anilines is 1. The summed E-state index contributed by atoms with van der Waals surface area (Å²) in [5.41, 5.74) is 2.87. The molecule has 0 saturated heterocycles. The van der Waals surface area contributed by atoms with Gasteiger partial charge in [-0.1, -0.05) is 11.6 Å². The lowest BCUT2D eigenvalue weighted by molar-refractivity contribution is 0.959. The third kappa shape index (κ3) is 2.12. The van der Waals surface area contributed by atoms with Crippen molar-refractivity contribution in [1.29, 1.82) is 0 Å². The Morgan fingerprint density at radius 1 is 1.47 bits per heavy atom. The van der Waals surface area contributed by atoms with Gasteiger partial charge in [0.05, 0.1) is 0 Å². The second-order valence-electron chi connectivity index (χ2n) is 3.51. The predicted molar refractivity (Wildman–Crippen MR) is 59.6 cm³/mol. The summed E-state index contributed by atoms with van der Waals surface area (Å²) in [6.45, 7) is 4.87. The van der Waals surface area contributed by atoms with Gasteiger partial charge < -0.3 is 5.32 Å². The summed E-state index contributed by atoms with van der Waals surface area (Å²) in [4.78, 5) is 4.21. The first kappa shape index (κ1) is 9.64. The number of allylic oxidation sites excluding steroid dienone is 1. The minimum absolute atomic E-state index is 0.751. The topological polar surface area (TPSA) is 66.5 Å². The van der Waals surface area contributed by atoms with Gasteiger partial charge in [-0.2, -0.15) is 15.4 Å². The summed E-state index contributed by atoms with van der Waals surface area (Å²) in [7, 11) is 0. The lowest BCUT2D eigenvalue weighted by Gasteiger charge is -2.01. The van der Waals surface area contributed by atoms with E-state index in [0.717, 1.165) is 23.4 Å². The molecule has 5 nitrogen and oxygen atoms in total. The van der Waals surface area contributed by atoms with Gasteiger partial charge in [-0.25, -0.2) is 4.98 Å². The van der Waals surface area contributed by atoms with Crippen molar-refractivity contribution in [2.45, 2.75) is 13.8 Å². The molecule has 0 aliphatic rings. The molecule has 2 rings (SSSR count). The second-order valence-corrected chi connectivity index (χ2v) is 3.51. The maximum absolute atomic E-state index is 4.21. The van der Waals surface area contributed by atoms with Crippen LogP contribution in [0.1, 0.15) is 13.8 Å². The van der Waals surface area contributed by atoms with E-state index in [1.807, 2.05) is 6.07 Å². The minimum Gasteiger partial charge on any atom is -0.365 e. The first-order chi connectivity index (χ1) is 7.27. The molecule has 0 aliphatic carbocycles. The predicted octanol–water partition coefficient (Wildman–Crippen LogP) is 1.73. The first-order valence-electron chi connectivity index (χ1n) is 4.80. The molecule has 15 heavy (non-hydrogen) atoms. The molecule has 0 bridgehead atoms. The van der Waals surface area contributed by atoms with Crippen molar-refractivity contribution in [3.05, 3.63) is 23.9 Å². The van der Waals surface area contributed by atoms with Gasteiger partial charge in [0.2, 0.25) is 0 Å². The standard InChI is InChI=1S/C10H13N5/c1-7(2)3-5-11-10-9-8(4-6-12-10)13-15-14-9/h3-4,6H,5H2,1-2H3,(H,11,12)(H,13,14,15). The Morgan fingerprint density at radius 2 is 2.33 bits per heavy atom. The number of H-pyrrole nitrogens is 1. The molecule has 2 heterocycles. The highest BCUT2D eigenvalue weighted by molar-refractivity contribution is 5.84. The fourth-order valence-electron chi connectivity index (χ4n) is 1.25. The van der Waals surface area contributed by atoms with E-state index in [2.05, 4.69) is 45.6 Å². The molecule has 2 aromatic heterocycles. The van der Waals surface area contributed by atoms with E-state index < -0.39 is 0 Å². The van der Waals surface area contributed by atoms with Gasteiger partial charge in [-0.15, -0.1) is 0 Å². The zero-order valence-corrected chi connectivity index (χ0v) is 8.78. The average Bonchev–Trinajstić information content (AvgIpc) is 2.65. The maximum atomic E-state index is 4.21. The van der Waals surface area contributed by atoms with E-state index >= 15 is 0 Å². The molecule has 0 unspecified atom stereocenters. The molecular weight excluding hydrogens is 190 g/mol. The molecule has 0 spiro atoms. The van der Waals surface area contributed by atoms with Crippen LogP contribution in [0.2, 0.25) is 0 Å². The molecule has 2 N–H and O–H groups in total. The van der Waals surface area contributed by atoms with Gasteiger partial charge in [0.1, 0.15) is 5.52 Å². The van der Waals surface area contributed by atoms with E-state index in [1.54, 1.807) is 6.20 Å². The van der Waals surface area contributed by atoms with Crippen molar-refractivity contribution >= 4 is 16.9 Å². The van der Waals surface area contributed by atoms with Crippen molar-refractivity contribution in [2.75, 3.05) is 11.9 Å². The van der Waals surface area contributed by atoms with Gasteiger partial charge in [-0.3, -0.25) is 0 Å². The lowest BCUT2D eigenvalue weighted by Crippen LogP contribution is -2.01. The van der Waals surface area contributed by atoms with Crippen LogP contribution in [0, 0.1) is 0 Å². The summed E-state index contributed by atoms with van der Waals surface area (Å²) >= 11 is 0. The number of aromatic nitrogens is 4. The minimum atomic E-state index is 0.751. The fraction of sp³-hybridized carbons (Fsp3) is 0.300. The molecule has 5 heteroatoms. The molecule has 2 aromatic rings. The van der Waals surface area contributed by atoms with Crippen LogP contribution in [0.4, 0.5) is 5.82 Å². The highest BCUT2D eigenvalue weighted by Gasteiger charge is 2.03. The maximum Gasteiger partial charge on any atom is 0.156 e. The number of rotatable bonds is 3. The Kier molecular flexibility index (Phi) is 2.62. The van der Waals surface area contributed by atoms with Crippen molar-refractivity contribution < 1.29 is 0 Å². The Balaban J connectivity index is 2.20. The third-order valence-corrected chi connectivity index (χ3v) is 2.02. The van der Waals surface area contributed by atoms with E-state index in [4.69, 9.17) is 0 Å². The summed E-state index contributed by atoms with van der Waals surface area (Å²) < 4.78 is 0. The molecule has 78 valence electrons. The Labute approximate surface area is 87.6 Å². The van der Waals surface area contributed by atoms with Crippen LogP contribution in [0.3, 0.4) is 0 Å². The molecule has 0 fully saturated rings. The number of hydrogen-bond donors (Lipinski definition) is 2. The zero-order valence-electron chi connectivity index (χ0n) is 8.78. The summed E-state index contributed by atoms with van der Waals surface area (Å²) in [5.74, 6) is 0.763. The number of fused-ring (bicyclic) bond motifs is 1. The van der Waals surface area contributed by atoms with Crippen molar-refractivity contribution in [3.8, 4) is 0 Å². The molecule has 0 saturated carbocycles. The van der Waals surface area contributed by atoms with E-state index in [1.165, 1.54) is 5.57 Å². The zero-order chi connectivity index (χ0) is 10.7. The van der Waals surface area contributed by atoms with Gasteiger partial charge in [0, 0.05) is 12.7 Å². The van der Waals surface area contributed by atoms with Crippen molar-refractivity contribution in [3.63, 3.8) is 0 Å². The van der Waals surface area contributed by atoms with Crippen LogP contribution in [-0.2, 0) is 0 Å². The number of aromatic amines is 1. The third-order valence-electron chi connectivity index (χ3n) is 2.02. The molecule has 0 aliphatic heterocycles. The summed E-state index contributed by atoms with van der Waals surface area (Å²) in [6.07, 6.45) is 3.82. The van der Waals surface area contributed by atoms with Gasteiger partial charge in [0.15, 0.2) is 11.3 Å². The molecule has 0 radical (unpaired) electrons. The Bertz CT molecular complexity index is 481. The van der Waals surface area contributed by atoms with Crippen LogP contribution in [0.5, 0.6) is 0 Å². The number of nitrogens with one attached hydrogen (secondary N) is 2. The van der Waals surface area contributed by atoms with Crippen LogP contribution >= 0.6 is 0 Å². The van der Waals surface area contributed by atoms with Gasteiger partial charge in [-0.05, 0) is 19.9 Å². The lowest BCUT2D eigenvalue weighted by atomic mass is 10.3. The monoisotopic (exact) mass is 203 g/mol. The SMILES string of the molecule is CC(C)=CCNc1nccc2n[nH]nc12. The molecule has 0 atom stereocenters. The highest BCUT2D eigenvalue weighted by Crippen LogP contribution is 2.14. The molecular formula is C10H13N5. The Morgan fingerprint density at radius 3 is 3.13 bits per heavy atom. The summed E-state index contributed by atoms with van der Waals surface area (Å²) in [6, 6.07) is 1.82. The van der Waals surface area contributed by atoms with E-state index in [-0.39, 0.29) is 0 Å². The van der Waals surface area contributed by atoms with Crippen LogP contribution < -0.4 is 5.32 Å². The highest BCUT2D eigenvalue weighted by atomic mass is 15.3. The quantitative estimate of drug-likeness (QED) is 0.745. The fourth-order valence-corrected chi connectivity index (χ4v) is 1.25. The molecule has 0 amide bonds. The van der Waals surface area contributed by atoms with Gasteiger partial charge in [0.25, 0.3) is 0 Å². The molecule has 0 aromatic carbocycles. The number of hydrogen-bond acceptors (Lipinski definition) is 4. The van der Waals surface area contributed by atoms with Crippen molar-refractivity contribution in [2.24, 2.45) is 0 Å². The number of nitrogens with zero attached hydrogens (tertiary/aromatic N) is 3. The van der Waals surface area contributed by atoms with Crippen molar-refractivity contribution in [1.82, 2.24) is 20.4 Å². The summed E-state index contributed by atoms with van der Waals surface area (Å²) in [5, 5.41) is 13.8. The normalized spacial score (nSPS) is 10.3. The van der Waals surface area contributed by atoms with Crippen LogP contribution in [0.15, 0.2) is 23.9 Å². The van der Waals surface area contributed by atoms with Crippen LogP contribution in [0.25, 0.3) is 11.0 Å². The van der Waals surface area contributed by atoms with E-state index in [0.29, 0.717) is 0 Å². The van der Waals surface area contributed by atoms with Gasteiger partial charge >= 0.3 is 0 Å². The second kappa shape index (κ2) is 4.08. The van der Waals surface area contributed by atoms with E-state index in [9.17, 15) is 0 Å². The first-order valence-corrected chi connectivity index (χ1v) is 4.80. The largest absolute Gasteiger partial charge is 0.365 e. The van der Waals surface area contributed by atoms with Crippen LogP contribution in [-0.4, -0.2) is 26.9 Å². The average molecular weight is 203 g/mol. The smallest absolute Gasteiger partial charge is 0.156 e.